The van der Waals surface area contributed by atoms with Crippen LogP contribution >= 0.6 is 24.0 Å². The number of imidazole rings is 1. The van der Waals surface area contributed by atoms with Crippen molar-refractivity contribution in [3.8, 4) is 0 Å². The molecule has 0 spiro atoms. The summed E-state index contributed by atoms with van der Waals surface area (Å²) in [5.41, 5.74) is 1.04. The second kappa shape index (κ2) is 12.8. The Hall–Kier alpha value is -2.10. The first-order valence-corrected chi connectivity index (χ1v) is 11.2. The molecule has 0 atom stereocenters. The van der Waals surface area contributed by atoms with Crippen LogP contribution in [0.15, 0.2) is 47.7 Å². The average molecular weight is 553 g/mol. The number of halogens is 1. The smallest absolute Gasteiger partial charge is 0.230 e. The van der Waals surface area contributed by atoms with Gasteiger partial charge in [0, 0.05) is 46.6 Å². The standard InChI is InChI=1S/C24H36N6O.HI/c1-25-23(28-19-24(13-7-8-14-24)22(31)29(2)3)27-18-21-26-15-17-30(21)16-9-12-20-10-5-4-6-11-20;/h4-6,10-11,15,17H,7-9,12-14,16,18-19H2,1-3H3,(H2,25,27,28);1H. The maximum atomic E-state index is 12.8. The number of aliphatic imine (C=N–C) groups is 1. The van der Waals surface area contributed by atoms with Gasteiger partial charge >= 0.3 is 0 Å². The Morgan fingerprint density at radius 1 is 1.19 bits per heavy atom. The largest absolute Gasteiger partial charge is 0.355 e. The summed E-state index contributed by atoms with van der Waals surface area (Å²) in [4.78, 5) is 23.3. The normalized spacial score (nSPS) is 15.2. The summed E-state index contributed by atoms with van der Waals surface area (Å²) >= 11 is 0. The number of hydrogen-bond donors (Lipinski definition) is 2. The second-order valence-corrected chi connectivity index (χ2v) is 8.59. The minimum atomic E-state index is -0.322. The van der Waals surface area contributed by atoms with Crippen LogP contribution in [0.4, 0.5) is 0 Å². The number of benzene rings is 1. The zero-order valence-corrected chi connectivity index (χ0v) is 21.8. The van der Waals surface area contributed by atoms with Gasteiger partial charge in [0.05, 0.1) is 12.0 Å². The molecule has 1 heterocycles. The zero-order chi connectivity index (χ0) is 22.1. The van der Waals surface area contributed by atoms with Crippen molar-refractivity contribution < 1.29 is 4.79 Å². The third kappa shape index (κ3) is 6.95. The molecule has 8 heteroatoms. The van der Waals surface area contributed by atoms with E-state index in [0.29, 0.717) is 19.0 Å². The van der Waals surface area contributed by atoms with Gasteiger partial charge in [-0.3, -0.25) is 9.79 Å². The van der Waals surface area contributed by atoms with E-state index in [1.165, 1.54) is 5.56 Å². The summed E-state index contributed by atoms with van der Waals surface area (Å²) in [7, 11) is 5.44. The number of nitrogens with zero attached hydrogens (tertiary/aromatic N) is 4. The van der Waals surface area contributed by atoms with E-state index in [1.54, 1.807) is 11.9 Å². The summed E-state index contributed by atoms with van der Waals surface area (Å²) in [6, 6.07) is 10.6. The van der Waals surface area contributed by atoms with Gasteiger partial charge in [0.15, 0.2) is 5.96 Å². The number of carbonyl (C=O) groups is 1. The van der Waals surface area contributed by atoms with Crippen molar-refractivity contribution in [1.82, 2.24) is 25.1 Å². The van der Waals surface area contributed by atoms with Gasteiger partial charge in [-0.05, 0) is 31.2 Å². The Kier molecular flexibility index (Phi) is 10.5. The van der Waals surface area contributed by atoms with Gasteiger partial charge in [-0.25, -0.2) is 4.98 Å². The van der Waals surface area contributed by atoms with Crippen LogP contribution in [0, 0.1) is 5.41 Å². The minimum absolute atomic E-state index is 0. The Morgan fingerprint density at radius 3 is 2.56 bits per heavy atom. The molecule has 7 nitrogen and oxygen atoms in total. The van der Waals surface area contributed by atoms with Crippen LogP contribution in [0.25, 0.3) is 0 Å². The molecule has 0 radical (unpaired) electrons. The quantitative estimate of drug-likeness (QED) is 0.284. The molecule has 176 valence electrons. The Labute approximate surface area is 209 Å². The van der Waals surface area contributed by atoms with Gasteiger partial charge < -0.3 is 20.1 Å². The van der Waals surface area contributed by atoms with Crippen molar-refractivity contribution in [2.75, 3.05) is 27.7 Å². The van der Waals surface area contributed by atoms with Crippen molar-refractivity contribution in [2.24, 2.45) is 10.4 Å². The molecule has 0 saturated heterocycles. The summed E-state index contributed by atoms with van der Waals surface area (Å²) < 4.78 is 2.19. The van der Waals surface area contributed by atoms with Crippen LogP contribution in [0.1, 0.15) is 43.5 Å². The summed E-state index contributed by atoms with van der Waals surface area (Å²) in [5, 5.41) is 6.75. The molecule has 1 fully saturated rings. The number of hydrogen-bond acceptors (Lipinski definition) is 3. The number of guanidine groups is 1. The minimum Gasteiger partial charge on any atom is -0.355 e. The first-order valence-electron chi connectivity index (χ1n) is 11.2. The van der Waals surface area contributed by atoms with E-state index < -0.39 is 0 Å². The number of amides is 1. The van der Waals surface area contributed by atoms with E-state index in [4.69, 9.17) is 0 Å². The third-order valence-corrected chi connectivity index (χ3v) is 6.16. The second-order valence-electron chi connectivity index (χ2n) is 8.59. The molecule has 1 aliphatic rings. The monoisotopic (exact) mass is 552 g/mol. The van der Waals surface area contributed by atoms with Gasteiger partial charge in [-0.1, -0.05) is 43.2 Å². The molecule has 1 amide bonds. The van der Waals surface area contributed by atoms with E-state index in [1.807, 2.05) is 26.5 Å². The van der Waals surface area contributed by atoms with Gasteiger partial charge in [0.2, 0.25) is 5.91 Å². The number of rotatable bonds is 9. The fraction of sp³-hybridized carbons (Fsp3) is 0.542. The lowest BCUT2D eigenvalue weighted by atomic mass is 9.84. The molecule has 32 heavy (non-hydrogen) atoms. The molecular weight excluding hydrogens is 515 g/mol. The van der Waals surface area contributed by atoms with Crippen molar-refractivity contribution in [2.45, 2.75) is 51.6 Å². The van der Waals surface area contributed by atoms with E-state index in [2.05, 4.69) is 55.5 Å². The molecular formula is C24H37IN6O. The molecule has 0 bridgehead atoms. The number of nitrogens with one attached hydrogen (secondary N) is 2. The summed E-state index contributed by atoms with van der Waals surface area (Å²) in [5.74, 6) is 1.90. The summed E-state index contributed by atoms with van der Waals surface area (Å²) in [6.45, 7) is 2.13. The molecule has 1 aliphatic carbocycles. The van der Waals surface area contributed by atoms with Gasteiger partial charge in [-0.15, -0.1) is 24.0 Å². The fourth-order valence-electron chi connectivity index (χ4n) is 4.44. The van der Waals surface area contributed by atoms with Crippen molar-refractivity contribution in [3.63, 3.8) is 0 Å². The number of carbonyl (C=O) groups excluding carboxylic acids is 1. The van der Waals surface area contributed by atoms with Gasteiger partial charge in [-0.2, -0.15) is 0 Å². The highest BCUT2D eigenvalue weighted by molar-refractivity contribution is 14.0. The Balaban J connectivity index is 0.00000363. The lowest BCUT2D eigenvalue weighted by Gasteiger charge is -2.31. The van der Waals surface area contributed by atoms with Gasteiger partial charge in [0.25, 0.3) is 0 Å². The molecule has 2 aromatic rings. The predicted molar refractivity (Wildman–Crippen MR) is 140 cm³/mol. The highest BCUT2D eigenvalue weighted by Crippen LogP contribution is 2.38. The highest BCUT2D eigenvalue weighted by atomic mass is 127. The van der Waals surface area contributed by atoms with Crippen LogP contribution in [-0.2, 0) is 24.3 Å². The molecule has 0 unspecified atom stereocenters. The first-order chi connectivity index (χ1) is 15.0. The lowest BCUT2D eigenvalue weighted by molar-refractivity contribution is -0.138. The molecule has 1 aromatic heterocycles. The summed E-state index contributed by atoms with van der Waals surface area (Å²) in [6.07, 6.45) is 10.1. The van der Waals surface area contributed by atoms with Gasteiger partial charge in [0.1, 0.15) is 5.82 Å². The fourth-order valence-corrected chi connectivity index (χ4v) is 4.44. The molecule has 1 aromatic carbocycles. The van der Waals surface area contributed by atoms with Crippen LogP contribution in [0.3, 0.4) is 0 Å². The van der Waals surface area contributed by atoms with Crippen molar-refractivity contribution in [1.29, 1.82) is 0 Å². The highest BCUT2D eigenvalue weighted by Gasteiger charge is 2.42. The van der Waals surface area contributed by atoms with Crippen LogP contribution in [0.5, 0.6) is 0 Å². The Morgan fingerprint density at radius 2 is 1.91 bits per heavy atom. The van der Waals surface area contributed by atoms with Crippen molar-refractivity contribution in [3.05, 3.63) is 54.1 Å². The Bertz CT molecular complexity index is 858. The first kappa shape index (κ1) is 26.2. The molecule has 1 saturated carbocycles. The van der Waals surface area contributed by atoms with Crippen LogP contribution in [-0.4, -0.2) is 54.0 Å². The van der Waals surface area contributed by atoms with E-state index in [9.17, 15) is 4.79 Å². The van der Waals surface area contributed by atoms with E-state index >= 15 is 0 Å². The average Bonchev–Trinajstić information content (AvgIpc) is 3.44. The van der Waals surface area contributed by atoms with Crippen LogP contribution in [0.2, 0.25) is 0 Å². The molecule has 2 N–H and O–H groups in total. The molecule has 0 aliphatic heterocycles. The molecule has 3 rings (SSSR count). The number of aromatic nitrogens is 2. The lowest BCUT2D eigenvalue weighted by Crippen LogP contribution is -2.49. The van der Waals surface area contributed by atoms with Crippen molar-refractivity contribution >= 4 is 35.8 Å². The van der Waals surface area contributed by atoms with Crippen LogP contribution < -0.4 is 10.6 Å². The third-order valence-electron chi connectivity index (χ3n) is 6.16. The number of aryl methyl sites for hydroxylation is 2. The SMILES string of the molecule is CN=C(NCc1nccn1CCCc1ccccc1)NCC1(C(=O)N(C)C)CCCC1.I. The predicted octanol–water partition coefficient (Wildman–Crippen LogP) is 3.45. The van der Waals surface area contributed by atoms with E-state index in [-0.39, 0.29) is 35.3 Å². The maximum Gasteiger partial charge on any atom is 0.230 e. The topological polar surface area (TPSA) is 74.5 Å². The van der Waals surface area contributed by atoms with E-state index in [0.717, 1.165) is 50.9 Å². The maximum absolute atomic E-state index is 12.8. The zero-order valence-electron chi connectivity index (χ0n) is 19.5.